The molecule has 0 aromatic carbocycles. The van der Waals surface area contributed by atoms with E-state index in [0.717, 1.165) is 60.1 Å². The number of anilines is 1. The summed E-state index contributed by atoms with van der Waals surface area (Å²) in [5.74, 6) is 1.45. The van der Waals surface area contributed by atoms with Gasteiger partial charge in [-0.3, -0.25) is 32.5 Å². The van der Waals surface area contributed by atoms with E-state index >= 15 is 0 Å². The maximum Gasteiger partial charge on any atom is 0.481 e. The van der Waals surface area contributed by atoms with Crippen molar-refractivity contribution in [2.45, 2.75) is 150 Å². The summed E-state index contributed by atoms with van der Waals surface area (Å²) in [7, 11) is -16.4. The Bertz CT molecular complexity index is 2100. The molecule has 24 nitrogen and oxygen atoms in total. The molecule has 0 saturated carbocycles. The number of aromatic nitrogens is 4. The molecule has 1 aliphatic rings. The Balaban J connectivity index is 1.33. The zero-order valence-corrected chi connectivity index (χ0v) is 44.0. The van der Waals surface area contributed by atoms with E-state index < -0.39 is 84.6 Å². The zero-order chi connectivity index (χ0) is 51.7. The number of hydrogen-bond acceptors (Lipinski definition) is 18. The normalized spacial score (nSPS) is 21.4. The van der Waals surface area contributed by atoms with Gasteiger partial charge in [0.2, 0.25) is 11.8 Å². The Kier molecular flexibility index (Phi) is 24.8. The number of carbonyl (C=O) groups excluding carboxylic acids is 3. The molecule has 3 heterocycles. The van der Waals surface area contributed by atoms with Gasteiger partial charge in [-0.25, -0.2) is 28.6 Å². The zero-order valence-electron chi connectivity index (χ0n) is 40.5. The Morgan fingerprint density at radius 2 is 1.46 bits per heavy atom. The predicted molar refractivity (Wildman–Crippen MR) is 256 cm³/mol. The molecule has 2 aromatic heterocycles. The van der Waals surface area contributed by atoms with Crippen LogP contribution in [0.5, 0.6) is 0 Å². The molecule has 6 unspecified atom stereocenters. The third-order valence-electron chi connectivity index (χ3n) is 11.5. The number of rotatable bonds is 33. The SMILES string of the molecule is CC(C)CCCC(C)CCCC(C)CCCC(C)CC(=O)SCCNC(=O)CCNC(=O)[C@H](O)C(C)(C)COP(=O)(O)OP(=O)(O)OC[C@H]1O[C@@H](n2cnc3c(N)ncnc32)C(O)[C@H]1OP(=O)(O)O. The van der Waals surface area contributed by atoms with Gasteiger partial charge in [0.15, 0.2) is 22.8 Å². The van der Waals surface area contributed by atoms with E-state index in [4.69, 9.17) is 19.5 Å². The number of imidazole rings is 1. The van der Waals surface area contributed by atoms with Crippen molar-refractivity contribution in [2.75, 3.05) is 37.8 Å². The predicted octanol–water partition coefficient (Wildman–Crippen LogP) is 5.13. The first kappa shape index (κ1) is 60.9. The standard InChI is InChI=1S/C41H74N7O17P3S/c1-26(2)11-8-12-27(3)13-9-14-28(4)15-10-16-29(5)21-32(50)69-20-19-43-31(49)17-18-44-39(53)36(52)41(6,7)23-62-68(59,60)65-67(57,58)61-22-30-35(64-66(54,55)56)34(51)40(63-30)48-25-47-33-37(42)45-24-46-38(33)48/h24-30,34-36,40,51-52H,8-23H2,1-7H3,(H,43,49)(H,44,53)(H,57,58)(H,59,60)(H2,42,45,46)(H2,54,55,56)/t27?,28?,29?,30-,34?,35+,36+,40-/m1/s1. The maximum atomic E-state index is 12.8. The summed E-state index contributed by atoms with van der Waals surface area (Å²) >= 11 is 1.16. The molecule has 1 saturated heterocycles. The summed E-state index contributed by atoms with van der Waals surface area (Å²) in [6, 6.07) is 0. The van der Waals surface area contributed by atoms with Crippen LogP contribution in [0.2, 0.25) is 0 Å². The van der Waals surface area contributed by atoms with Crippen LogP contribution in [0.15, 0.2) is 12.7 Å². The Labute approximate surface area is 407 Å². The molecule has 0 spiro atoms. The van der Waals surface area contributed by atoms with Crippen molar-refractivity contribution in [1.82, 2.24) is 30.2 Å². The molecule has 2 aromatic rings. The number of aliphatic hydroxyl groups is 2. The molecule has 2 amide bonds. The summed E-state index contributed by atoms with van der Waals surface area (Å²) in [6.07, 6.45) is 4.52. The molecule has 3 rings (SSSR count). The fourth-order valence-corrected chi connectivity index (χ4v) is 11.2. The smallest absolute Gasteiger partial charge is 0.386 e. The van der Waals surface area contributed by atoms with E-state index in [1.807, 2.05) is 0 Å². The molecular weight excluding hydrogens is 987 g/mol. The second-order valence-corrected chi connectivity index (χ2v) is 24.4. The highest BCUT2D eigenvalue weighted by Gasteiger charge is 2.50. The van der Waals surface area contributed by atoms with Crippen molar-refractivity contribution in [1.29, 1.82) is 0 Å². The van der Waals surface area contributed by atoms with Gasteiger partial charge in [-0.2, -0.15) is 4.31 Å². The Hall–Kier alpha value is -2.44. The molecule has 1 fully saturated rings. The van der Waals surface area contributed by atoms with Gasteiger partial charge in [-0.1, -0.05) is 118 Å². The van der Waals surface area contributed by atoms with Gasteiger partial charge in [0, 0.05) is 37.1 Å². The number of thioether (sulfide) groups is 1. The molecule has 10 N–H and O–H groups in total. The molecule has 0 bridgehead atoms. The van der Waals surface area contributed by atoms with Crippen molar-refractivity contribution in [3.8, 4) is 0 Å². The third kappa shape index (κ3) is 22.1. The van der Waals surface area contributed by atoms with Crippen LogP contribution in [0, 0.1) is 29.1 Å². The lowest BCUT2D eigenvalue weighted by atomic mass is 9.87. The number of nitrogen functional groups attached to an aromatic ring is 1. The van der Waals surface area contributed by atoms with Gasteiger partial charge in [0.05, 0.1) is 19.5 Å². The first-order chi connectivity index (χ1) is 32.1. The first-order valence-corrected chi connectivity index (χ1v) is 28.6. The van der Waals surface area contributed by atoms with E-state index in [-0.39, 0.29) is 47.5 Å². The number of ether oxygens (including phenoxy) is 1. The fourth-order valence-electron chi connectivity index (χ4n) is 7.53. The molecular formula is C41H74N7O17P3S. The summed E-state index contributed by atoms with van der Waals surface area (Å²) in [5.41, 5.74) is 4.29. The number of amides is 2. The van der Waals surface area contributed by atoms with Gasteiger partial charge >= 0.3 is 23.5 Å². The number of nitrogens with two attached hydrogens (primary N) is 1. The number of hydrogen-bond donors (Lipinski definition) is 9. The topological polar surface area (TPSA) is 364 Å². The van der Waals surface area contributed by atoms with Gasteiger partial charge < -0.3 is 50.9 Å². The number of nitrogens with zero attached hydrogens (tertiary/aromatic N) is 4. The Morgan fingerprint density at radius 1 is 0.870 bits per heavy atom. The highest BCUT2D eigenvalue weighted by atomic mass is 32.2. The van der Waals surface area contributed by atoms with Gasteiger partial charge in [0.1, 0.15) is 36.3 Å². The van der Waals surface area contributed by atoms with Crippen LogP contribution in [0.25, 0.3) is 11.2 Å². The van der Waals surface area contributed by atoms with E-state index in [0.29, 0.717) is 18.1 Å². The average Bonchev–Trinajstić information content (AvgIpc) is 3.80. The number of phosphoric ester groups is 3. The second kappa shape index (κ2) is 28.1. The van der Waals surface area contributed by atoms with Crippen molar-refractivity contribution in [2.24, 2.45) is 29.1 Å². The van der Waals surface area contributed by atoms with Crippen LogP contribution in [-0.4, -0.2) is 123 Å². The lowest BCUT2D eigenvalue weighted by molar-refractivity contribution is -0.137. The van der Waals surface area contributed by atoms with Crippen LogP contribution in [0.4, 0.5) is 5.82 Å². The maximum absolute atomic E-state index is 12.8. The van der Waals surface area contributed by atoms with Crippen molar-refractivity contribution in [3.63, 3.8) is 0 Å². The molecule has 1 aliphatic heterocycles. The number of nitrogens with one attached hydrogen (secondary N) is 2. The van der Waals surface area contributed by atoms with Crippen LogP contribution in [0.3, 0.4) is 0 Å². The minimum absolute atomic E-state index is 0.0332. The van der Waals surface area contributed by atoms with Crippen LogP contribution >= 0.6 is 35.2 Å². The molecule has 28 heteroatoms. The van der Waals surface area contributed by atoms with Crippen molar-refractivity contribution < 1.29 is 80.5 Å². The Morgan fingerprint density at radius 3 is 2.07 bits per heavy atom. The summed E-state index contributed by atoms with van der Waals surface area (Å²) in [6.45, 7) is 11.9. The monoisotopic (exact) mass is 1060 g/mol. The van der Waals surface area contributed by atoms with E-state index in [1.165, 1.54) is 52.4 Å². The minimum atomic E-state index is -5.58. The van der Waals surface area contributed by atoms with Gasteiger partial charge in [0.25, 0.3) is 0 Å². The molecule has 396 valence electrons. The summed E-state index contributed by atoms with van der Waals surface area (Å²) in [4.78, 5) is 88.9. The summed E-state index contributed by atoms with van der Waals surface area (Å²) in [5, 5.41) is 26.7. The van der Waals surface area contributed by atoms with Crippen LogP contribution < -0.4 is 16.4 Å². The number of fused-ring (bicyclic) bond motifs is 1. The largest absolute Gasteiger partial charge is 0.481 e. The second-order valence-electron chi connectivity index (χ2n) is 19.0. The average molecular weight is 1060 g/mol. The number of carbonyl (C=O) groups is 3. The third-order valence-corrected chi connectivity index (χ3v) is 15.5. The molecule has 10 atom stereocenters. The molecule has 0 aliphatic carbocycles. The van der Waals surface area contributed by atoms with E-state index in [2.05, 4.69) is 69.0 Å². The fraction of sp³-hybridized carbons (Fsp3) is 0.805. The van der Waals surface area contributed by atoms with E-state index in [9.17, 15) is 57.9 Å². The lowest BCUT2D eigenvalue weighted by Gasteiger charge is -2.30. The van der Waals surface area contributed by atoms with Crippen molar-refractivity contribution in [3.05, 3.63) is 12.7 Å². The molecule has 69 heavy (non-hydrogen) atoms. The van der Waals surface area contributed by atoms with Crippen LogP contribution in [0.1, 0.15) is 125 Å². The minimum Gasteiger partial charge on any atom is -0.386 e. The highest BCUT2D eigenvalue weighted by Crippen LogP contribution is 2.61. The lowest BCUT2D eigenvalue weighted by Crippen LogP contribution is -2.46. The molecule has 0 radical (unpaired) electrons. The van der Waals surface area contributed by atoms with Crippen molar-refractivity contribution >= 4 is 69.1 Å². The summed E-state index contributed by atoms with van der Waals surface area (Å²) < 4.78 is 62.5. The van der Waals surface area contributed by atoms with Gasteiger partial charge in [-0.05, 0) is 23.7 Å². The number of aliphatic hydroxyl groups excluding tert-OH is 2. The highest BCUT2D eigenvalue weighted by molar-refractivity contribution is 8.13. The number of phosphoric acid groups is 3. The first-order valence-electron chi connectivity index (χ1n) is 23.1. The van der Waals surface area contributed by atoms with E-state index in [1.54, 1.807) is 0 Å². The van der Waals surface area contributed by atoms with Gasteiger partial charge in [-0.15, -0.1) is 0 Å². The quantitative estimate of drug-likeness (QED) is 0.0330. The van der Waals surface area contributed by atoms with Crippen LogP contribution in [-0.2, 0) is 50.7 Å².